The van der Waals surface area contributed by atoms with Gasteiger partial charge in [-0.05, 0) is 116 Å². The number of unbranched alkanes of at least 4 members (excludes halogenated alkanes) is 6. The molecule has 0 aliphatic heterocycles. The summed E-state index contributed by atoms with van der Waals surface area (Å²) in [6.45, 7) is 6.13. The molecule has 0 spiro atoms. The van der Waals surface area contributed by atoms with Gasteiger partial charge >= 0.3 is 17.9 Å². The summed E-state index contributed by atoms with van der Waals surface area (Å²) in [4.78, 5) is 37.8. The van der Waals surface area contributed by atoms with Crippen molar-refractivity contribution in [2.45, 2.75) is 175 Å². The van der Waals surface area contributed by atoms with E-state index < -0.39 is 6.10 Å². The Hall–Kier alpha value is -4.45. The summed E-state index contributed by atoms with van der Waals surface area (Å²) < 4.78 is 16.6. The first-order valence-electron chi connectivity index (χ1n) is 23.2. The maximum absolute atomic E-state index is 12.7. The summed E-state index contributed by atoms with van der Waals surface area (Å²) in [5.41, 5.74) is 0. The van der Waals surface area contributed by atoms with Crippen molar-refractivity contribution in [2.24, 2.45) is 0 Å². The van der Waals surface area contributed by atoms with E-state index in [0.29, 0.717) is 12.8 Å². The Bertz CT molecular complexity index is 1370. The summed E-state index contributed by atoms with van der Waals surface area (Å²) in [7, 11) is 0. The molecule has 0 amide bonds. The van der Waals surface area contributed by atoms with E-state index >= 15 is 0 Å². The predicted octanol–water partition coefficient (Wildman–Crippen LogP) is 15.1. The van der Waals surface area contributed by atoms with Crippen molar-refractivity contribution < 1.29 is 28.6 Å². The van der Waals surface area contributed by atoms with Gasteiger partial charge in [0.15, 0.2) is 6.10 Å². The van der Waals surface area contributed by atoms with Crippen LogP contribution in [0.2, 0.25) is 0 Å². The van der Waals surface area contributed by atoms with Crippen molar-refractivity contribution in [3.05, 3.63) is 134 Å². The van der Waals surface area contributed by atoms with Crippen LogP contribution in [0.15, 0.2) is 134 Å². The summed E-state index contributed by atoms with van der Waals surface area (Å²) in [6, 6.07) is 0. The molecule has 0 radical (unpaired) electrons. The number of carbonyl (C=O) groups excluding carboxylic acids is 3. The minimum Gasteiger partial charge on any atom is -0.462 e. The Kier molecular flexibility index (Phi) is 43.7. The fraction of sp³-hybridized carbons (Fsp3) is 0.537. The van der Waals surface area contributed by atoms with Gasteiger partial charge in [0, 0.05) is 19.3 Å². The number of carbonyl (C=O) groups is 3. The molecule has 60 heavy (non-hydrogen) atoms. The van der Waals surface area contributed by atoms with E-state index in [1.54, 1.807) is 0 Å². The molecule has 6 nitrogen and oxygen atoms in total. The van der Waals surface area contributed by atoms with E-state index in [1.165, 1.54) is 0 Å². The predicted molar refractivity (Wildman–Crippen MR) is 256 cm³/mol. The van der Waals surface area contributed by atoms with Crippen LogP contribution >= 0.6 is 0 Å². The van der Waals surface area contributed by atoms with Gasteiger partial charge in [0.05, 0.1) is 0 Å². The van der Waals surface area contributed by atoms with Gasteiger partial charge in [0.1, 0.15) is 13.2 Å². The molecule has 0 fully saturated rings. The maximum atomic E-state index is 12.7. The highest BCUT2D eigenvalue weighted by Gasteiger charge is 2.19. The Labute approximate surface area is 366 Å². The van der Waals surface area contributed by atoms with Crippen LogP contribution in [-0.4, -0.2) is 37.2 Å². The Morgan fingerprint density at radius 3 is 1.05 bits per heavy atom. The number of hydrogen-bond donors (Lipinski definition) is 0. The highest BCUT2D eigenvalue weighted by Crippen LogP contribution is 2.10. The molecule has 0 saturated carbocycles. The standard InChI is InChI=1S/C54H82O6/c1-4-7-10-13-16-19-22-25-27-28-30-32-35-38-41-44-47-53(56)59-50-51(49-58-52(55)46-43-40-37-34-31-24-21-18-15-12-9-6-3)60-54(57)48-45-42-39-36-33-29-26-23-20-17-14-11-8-5-2/h7-12,16-21,25-27,29-32,34,38,41,51H,4-6,13-15,22-24,28,33,35-37,39-40,42-50H2,1-3H3/b10-7-,11-8-,12-9-,19-16-,20-17-,21-18-,27-25-,29-26-,32-30-,34-31-,41-38-. The molecule has 0 N–H and O–H groups in total. The monoisotopic (exact) mass is 827 g/mol. The van der Waals surface area contributed by atoms with E-state index in [1.807, 2.05) is 12.2 Å². The lowest BCUT2D eigenvalue weighted by molar-refractivity contribution is -0.166. The van der Waals surface area contributed by atoms with Gasteiger partial charge in [0.2, 0.25) is 0 Å². The number of ether oxygens (including phenoxy) is 3. The zero-order valence-corrected chi connectivity index (χ0v) is 37.9. The average Bonchev–Trinajstić information content (AvgIpc) is 3.24. The van der Waals surface area contributed by atoms with Crippen molar-refractivity contribution in [1.82, 2.24) is 0 Å². The van der Waals surface area contributed by atoms with Crippen LogP contribution in [0.3, 0.4) is 0 Å². The van der Waals surface area contributed by atoms with Gasteiger partial charge in [-0.15, -0.1) is 0 Å². The lowest BCUT2D eigenvalue weighted by Crippen LogP contribution is -2.30. The summed E-state index contributed by atoms with van der Waals surface area (Å²) in [5, 5.41) is 0. The van der Waals surface area contributed by atoms with Gasteiger partial charge < -0.3 is 14.2 Å². The van der Waals surface area contributed by atoms with Gasteiger partial charge in [-0.25, -0.2) is 0 Å². The zero-order chi connectivity index (χ0) is 43.7. The van der Waals surface area contributed by atoms with E-state index in [0.717, 1.165) is 116 Å². The Morgan fingerprint density at radius 1 is 0.333 bits per heavy atom. The normalized spacial score (nSPS) is 13.3. The molecular formula is C54H82O6. The van der Waals surface area contributed by atoms with Crippen molar-refractivity contribution in [1.29, 1.82) is 0 Å². The van der Waals surface area contributed by atoms with Crippen molar-refractivity contribution in [3.63, 3.8) is 0 Å². The minimum absolute atomic E-state index is 0.136. The second kappa shape index (κ2) is 47.2. The molecule has 0 aromatic carbocycles. The molecule has 1 atom stereocenters. The Balaban J connectivity index is 4.62. The molecule has 0 heterocycles. The number of hydrogen-bond acceptors (Lipinski definition) is 6. The molecule has 0 aliphatic rings. The van der Waals surface area contributed by atoms with E-state index in [2.05, 4.69) is 142 Å². The molecular weight excluding hydrogens is 745 g/mol. The second-order valence-corrected chi connectivity index (χ2v) is 14.5. The highest BCUT2D eigenvalue weighted by atomic mass is 16.6. The number of esters is 3. The zero-order valence-electron chi connectivity index (χ0n) is 37.9. The van der Waals surface area contributed by atoms with E-state index in [-0.39, 0.29) is 50.4 Å². The van der Waals surface area contributed by atoms with Gasteiger partial charge in [0.25, 0.3) is 0 Å². The molecule has 0 aromatic heterocycles. The van der Waals surface area contributed by atoms with Crippen LogP contribution in [0.25, 0.3) is 0 Å². The lowest BCUT2D eigenvalue weighted by atomic mass is 10.1. The third-order valence-electron chi connectivity index (χ3n) is 8.89. The molecule has 0 rings (SSSR count). The maximum Gasteiger partial charge on any atom is 0.306 e. The quantitative estimate of drug-likeness (QED) is 0.0266. The average molecular weight is 827 g/mol. The van der Waals surface area contributed by atoms with Gasteiger partial charge in [-0.3, -0.25) is 14.4 Å². The largest absolute Gasteiger partial charge is 0.462 e. The third kappa shape index (κ3) is 44.6. The van der Waals surface area contributed by atoms with Crippen molar-refractivity contribution in [2.75, 3.05) is 13.2 Å². The first kappa shape index (κ1) is 55.5. The number of allylic oxidation sites excluding steroid dienone is 22. The van der Waals surface area contributed by atoms with Crippen LogP contribution in [-0.2, 0) is 28.6 Å². The molecule has 6 heteroatoms. The third-order valence-corrected chi connectivity index (χ3v) is 8.89. The van der Waals surface area contributed by atoms with Crippen LogP contribution in [0.1, 0.15) is 168 Å². The topological polar surface area (TPSA) is 78.9 Å². The SMILES string of the molecule is CC/C=C\C/C=C\C/C=C\C/C=C\C/C=C\CCC(=O)OCC(COC(=O)CCCC/C=C\C/C=C\C/C=C\CC)OC(=O)CCCCCC/C=C\C/C=C\C/C=C\CC. The fourth-order valence-corrected chi connectivity index (χ4v) is 5.52. The Morgan fingerprint density at radius 2 is 0.633 bits per heavy atom. The molecule has 334 valence electrons. The molecule has 0 aliphatic carbocycles. The van der Waals surface area contributed by atoms with E-state index in [9.17, 15) is 14.4 Å². The van der Waals surface area contributed by atoms with Crippen LogP contribution in [0.5, 0.6) is 0 Å². The van der Waals surface area contributed by atoms with Crippen LogP contribution in [0.4, 0.5) is 0 Å². The summed E-state index contributed by atoms with van der Waals surface area (Å²) in [6.07, 6.45) is 65.9. The van der Waals surface area contributed by atoms with Crippen LogP contribution in [0, 0.1) is 0 Å². The smallest absolute Gasteiger partial charge is 0.306 e. The molecule has 0 aromatic rings. The first-order chi connectivity index (χ1) is 29.5. The second-order valence-electron chi connectivity index (χ2n) is 14.5. The molecule has 1 unspecified atom stereocenters. The lowest BCUT2D eigenvalue weighted by Gasteiger charge is -2.18. The van der Waals surface area contributed by atoms with Gasteiger partial charge in [-0.1, -0.05) is 167 Å². The van der Waals surface area contributed by atoms with Gasteiger partial charge in [-0.2, -0.15) is 0 Å². The highest BCUT2D eigenvalue weighted by molar-refractivity contribution is 5.71. The van der Waals surface area contributed by atoms with Crippen molar-refractivity contribution >= 4 is 17.9 Å². The molecule has 0 saturated heterocycles. The summed E-state index contributed by atoms with van der Waals surface area (Å²) in [5.74, 6) is -1.10. The van der Waals surface area contributed by atoms with Crippen LogP contribution < -0.4 is 0 Å². The van der Waals surface area contributed by atoms with E-state index in [4.69, 9.17) is 14.2 Å². The minimum atomic E-state index is -0.839. The first-order valence-corrected chi connectivity index (χ1v) is 23.2. The number of rotatable bonds is 39. The summed E-state index contributed by atoms with van der Waals surface area (Å²) >= 11 is 0. The molecule has 0 bridgehead atoms. The fourth-order valence-electron chi connectivity index (χ4n) is 5.52. The van der Waals surface area contributed by atoms with Crippen molar-refractivity contribution in [3.8, 4) is 0 Å².